The van der Waals surface area contributed by atoms with Gasteiger partial charge in [-0.1, -0.05) is 12.1 Å². The van der Waals surface area contributed by atoms with Gasteiger partial charge in [0.15, 0.2) is 0 Å². The first-order chi connectivity index (χ1) is 21.0. The van der Waals surface area contributed by atoms with Gasteiger partial charge in [-0.3, -0.25) is 19.3 Å². The molecule has 0 saturated heterocycles. The lowest BCUT2D eigenvalue weighted by atomic mass is 10.1. The van der Waals surface area contributed by atoms with E-state index in [9.17, 15) is 19.2 Å². The van der Waals surface area contributed by atoms with Crippen LogP contribution in [0.4, 0.5) is 0 Å². The summed E-state index contributed by atoms with van der Waals surface area (Å²) < 4.78 is 42.5. The summed E-state index contributed by atoms with van der Waals surface area (Å²) in [5.41, 5.74) is 0.862. The molecule has 15 nitrogen and oxygen atoms in total. The number of rotatable bonds is 28. The Bertz CT molecular complexity index is 927. The fourth-order valence-electron chi connectivity index (χ4n) is 3.56. The molecule has 0 atom stereocenters. The van der Waals surface area contributed by atoms with E-state index in [1.165, 1.54) is 4.90 Å². The predicted octanol–water partition coefficient (Wildman–Crippen LogP) is -0.384. The molecule has 0 aliphatic carbocycles. The largest absolute Gasteiger partial charge is 0.480 e. The van der Waals surface area contributed by atoms with Gasteiger partial charge >= 0.3 is 5.97 Å². The molecule has 2 rings (SSSR count). The number of nitrogens with zero attached hydrogens (tertiary/aromatic N) is 1. The summed E-state index contributed by atoms with van der Waals surface area (Å²) in [6.07, 6.45) is 0. The van der Waals surface area contributed by atoms with Crippen molar-refractivity contribution >= 4 is 23.7 Å². The van der Waals surface area contributed by atoms with Crippen LogP contribution >= 0.6 is 0 Å². The van der Waals surface area contributed by atoms with Crippen molar-refractivity contribution in [3.63, 3.8) is 0 Å². The van der Waals surface area contributed by atoms with Crippen LogP contribution in [0.5, 0.6) is 0 Å². The van der Waals surface area contributed by atoms with Gasteiger partial charge in [0.25, 0.3) is 11.8 Å². The van der Waals surface area contributed by atoms with E-state index in [1.54, 1.807) is 24.3 Å². The number of carboxylic acids is 1. The first kappa shape index (κ1) is 36.2. The molecule has 0 saturated carbocycles. The topological polar surface area (TPSA) is 178 Å². The highest BCUT2D eigenvalue weighted by molar-refractivity contribution is 6.21. The van der Waals surface area contributed by atoms with Gasteiger partial charge in [-0.2, -0.15) is 0 Å². The van der Waals surface area contributed by atoms with Gasteiger partial charge in [0, 0.05) is 6.54 Å². The molecule has 0 spiro atoms. The van der Waals surface area contributed by atoms with E-state index in [0.717, 1.165) is 0 Å². The summed E-state index contributed by atoms with van der Waals surface area (Å²) in [7, 11) is 0. The highest BCUT2D eigenvalue weighted by atomic mass is 16.6. The highest BCUT2D eigenvalue weighted by Crippen LogP contribution is 2.21. The van der Waals surface area contributed by atoms with Gasteiger partial charge < -0.3 is 48.3 Å². The van der Waals surface area contributed by atoms with Crippen molar-refractivity contribution in [2.24, 2.45) is 0 Å². The smallest absolute Gasteiger partial charge is 0.329 e. The second-order valence-corrected chi connectivity index (χ2v) is 8.83. The molecule has 1 heterocycles. The Kier molecular flexibility index (Phi) is 19.7. The molecular weight excluding hydrogens is 572 g/mol. The number of carbonyl (C=O) groups is 4. The Hall–Kier alpha value is -3.02. The molecule has 2 N–H and O–H groups in total. The van der Waals surface area contributed by atoms with E-state index in [2.05, 4.69) is 10.1 Å². The van der Waals surface area contributed by atoms with Crippen molar-refractivity contribution in [1.29, 1.82) is 0 Å². The number of ether oxygens (including phenoxy) is 8. The lowest BCUT2D eigenvalue weighted by molar-refractivity contribution is -0.143. The highest BCUT2D eigenvalue weighted by Gasteiger charge is 2.34. The third-order valence-corrected chi connectivity index (χ3v) is 5.60. The Morgan fingerprint density at radius 2 is 0.977 bits per heavy atom. The minimum atomic E-state index is -1.13. The van der Waals surface area contributed by atoms with Gasteiger partial charge in [-0.05, 0) is 12.1 Å². The van der Waals surface area contributed by atoms with Gasteiger partial charge in [0.05, 0.1) is 110 Å². The van der Waals surface area contributed by atoms with Crippen LogP contribution < -0.4 is 5.32 Å². The van der Waals surface area contributed by atoms with Gasteiger partial charge in [0.1, 0.15) is 13.2 Å². The Labute approximate surface area is 250 Å². The van der Waals surface area contributed by atoms with E-state index < -0.39 is 18.5 Å². The SMILES string of the molecule is O=C(O)COCC(=O)NCCOCCOCCOCCOCCOCCOCCOCCN1C(=O)c2ccccc2C1=O. The first-order valence-electron chi connectivity index (χ1n) is 14.1. The van der Waals surface area contributed by atoms with Gasteiger partial charge in [0.2, 0.25) is 5.91 Å². The third kappa shape index (κ3) is 16.4. The lowest BCUT2D eigenvalue weighted by Gasteiger charge is -2.13. The van der Waals surface area contributed by atoms with Crippen LogP contribution in [0.2, 0.25) is 0 Å². The standard InChI is InChI=1S/C28H42N2O13/c31-25(21-43-22-26(32)33)29-5-7-36-9-11-38-13-15-40-17-19-42-20-18-41-16-14-39-12-10-37-8-6-30-27(34)23-3-1-2-4-24(23)28(30)35/h1-4H,5-22H2,(H,29,31)(H,32,33). The van der Waals surface area contributed by atoms with Crippen LogP contribution in [0, 0.1) is 0 Å². The Morgan fingerprint density at radius 1 is 0.581 bits per heavy atom. The van der Waals surface area contributed by atoms with E-state index in [1.807, 2.05) is 0 Å². The minimum absolute atomic E-state index is 0.202. The van der Waals surface area contributed by atoms with Crippen molar-refractivity contribution in [2.75, 3.05) is 119 Å². The molecule has 0 fully saturated rings. The molecule has 15 heteroatoms. The van der Waals surface area contributed by atoms with E-state index in [4.69, 9.17) is 38.3 Å². The van der Waals surface area contributed by atoms with Crippen LogP contribution in [0.25, 0.3) is 0 Å². The number of fused-ring (bicyclic) bond motifs is 1. The Morgan fingerprint density at radius 3 is 1.40 bits per heavy atom. The van der Waals surface area contributed by atoms with Gasteiger partial charge in [-0.25, -0.2) is 4.79 Å². The summed E-state index contributed by atoms with van der Waals surface area (Å²) >= 11 is 0. The molecule has 43 heavy (non-hydrogen) atoms. The normalized spacial score (nSPS) is 12.6. The van der Waals surface area contributed by atoms with Crippen LogP contribution in [0.3, 0.4) is 0 Å². The van der Waals surface area contributed by atoms with E-state index in [-0.39, 0.29) is 31.6 Å². The molecule has 0 unspecified atom stereocenters. The van der Waals surface area contributed by atoms with Crippen molar-refractivity contribution < 1.29 is 62.2 Å². The number of carboxylic acid groups (broad SMARTS) is 1. The molecule has 0 bridgehead atoms. The average Bonchev–Trinajstić information content (AvgIpc) is 3.24. The molecule has 3 amide bonds. The molecule has 1 aliphatic heterocycles. The first-order valence-corrected chi connectivity index (χ1v) is 14.1. The Balaban J connectivity index is 1.22. The van der Waals surface area contributed by atoms with Crippen molar-refractivity contribution in [3.05, 3.63) is 35.4 Å². The summed E-state index contributed by atoms with van der Waals surface area (Å²) in [4.78, 5) is 47.4. The number of hydrogen-bond acceptors (Lipinski definition) is 12. The number of nitrogens with one attached hydrogen (secondary N) is 1. The molecule has 1 aromatic carbocycles. The van der Waals surface area contributed by atoms with Crippen LogP contribution in [0.1, 0.15) is 20.7 Å². The summed E-state index contributed by atoms with van der Waals surface area (Å²) in [6, 6.07) is 6.78. The maximum atomic E-state index is 12.3. The summed E-state index contributed by atoms with van der Waals surface area (Å²) in [5.74, 6) is -2.11. The van der Waals surface area contributed by atoms with Crippen molar-refractivity contribution in [1.82, 2.24) is 10.2 Å². The number of carbonyl (C=O) groups excluding carboxylic acids is 3. The summed E-state index contributed by atoms with van der Waals surface area (Å²) in [6.45, 7) is 5.14. The molecular formula is C28H42N2O13. The maximum absolute atomic E-state index is 12.3. The number of imide groups is 1. The van der Waals surface area contributed by atoms with Crippen molar-refractivity contribution in [3.8, 4) is 0 Å². The molecule has 0 radical (unpaired) electrons. The maximum Gasteiger partial charge on any atom is 0.329 e. The number of hydrogen-bond donors (Lipinski definition) is 2. The summed E-state index contributed by atoms with van der Waals surface area (Å²) in [5, 5.41) is 11.0. The molecule has 1 aliphatic rings. The molecule has 1 aromatic rings. The zero-order chi connectivity index (χ0) is 31.0. The van der Waals surface area contributed by atoms with E-state index in [0.29, 0.717) is 104 Å². The monoisotopic (exact) mass is 614 g/mol. The van der Waals surface area contributed by atoms with Crippen molar-refractivity contribution in [2.45, 2.75) is 0 Å². The van der Waals surface area contributed by atoms with Crippen LogP contribution in [0.15, 0.2) is 24.3 Å². The second kappa shape index (κ2) is 23.4. The average molecular weight is 615 g/mol. The lowest BCUT2D eigenvalue weighted by Crippen LogP contribution is -2.33. The second-order valence-electron chi connectivity index (χ2n) is 8.83. The van der Waals surface area contributed by atoms with E-state index >= 15 is 0 Å². The number of aliphatic carboxylic acids is 1. The number of amides is 3. The predicted molar refractivity (Wildman–Crippen MR) is 149 cm³/mol. The van der Waals surface area contributed by atoms with Gasteiger partial charge in [-0.15, -0.1) is 0 Å². The van der Waals surface area contributed by atoms with Crippen LogP contribution in [-0.4, -0.2) is 152 Å². The minimum Gasteiger partial charge on any atom is -0.480 e. The zero-order valence-electron chi connectivity index (χ0n) is 24.3. The number of benzene rings is 1. The fourth-order valence-corrected chi connectivity index (χ4v) is 3.56. The van der Waals surface area contributed by atoms with Crippen LogP contribution in [-0.2, 0) is 47.5 Å². The molecule has 242 valence electrons. The quantitative estimate of drug-likeness (QED) is 0.0923. The molecule has 0 aromatic heterocycles. The third-order valence-electron chi connectivity index (χ3n) is 5.60. The zero-order valence-corrected chi connectivity index (χ0v) is 24.3. The fraction of sp³-hybridized carbons (Fsp3) is 0.643.